The standard InChI is InChI=1S/C18H20N2O5/c1-12(15-4-2-3-5-17(15)20(23)24)11-25-14-8-6-13(7-9-14)10-16(19)18(21)22/h2-9,12,16H,10-11,19H2,1H3,(H,21,22)/t12?,16-/m0/s1. The van der Waals surface area contributed by atoms with Crippen LogP contribution in [0.1, 0.15) is 24.0 Å². The van der Waals surface area contributed by atoms with Crippen LogP contribution < -0.4 is 10.5 Å². The molecule has 0 radical (unpaired) electrons. The molecule has 0 bridgehead atoms. The van der Waals surface area contributed by atoms with Crippen LogP contribution in [-0.4, -0.2) is 28.6 Å². The number of nitrogens with zero attached hydrogens (tertiary/aromatic N) is 1. The second-order valence-corrected chi connectivity index (χ2v) is 5.82. The van der Waals surface area contributed by atoms with Crippen molar-refractivity contribution in [2.24, 2.45) is 5.73 Å². The van der Waals surface area contributed by atoms with Crippen LogP contribution in [0.3, 0.4) is 0 Å². The molecule has 0 aliphatic heterocycles. The van der Waals surface area contributed by atoms with E-state index in [-0.39, 0.29) is 18.0 Å². The molecule has 0 spiro atoms. The minimum absolute atomic E-state index is 0.0802. The molecule has 25 heavy (non-hydrogen) atoms. The third kappa shape index (κ3) is 5.02. The highest BCUT2D eigenvalue weighted by molar-refractivity contribution is 5.73. The topological polar surface area (TPSA) is 116 Å². The van der Waals surface area contributed by atoms with Crippen molar-refractivity contribution in [1.82, 2.24) is 0 Å². The van der Waals surface area contributed by atoms with E-state index in [4.69, 9.17) is 15.6 Å². The summed E-state index contributed by atoms with van der Waals surface area (Å²) >= 11 is 0. The van der Waals surface area contributed by atoms with Crippen LogP contribution in [0.4, 0.5) is 5.69 Å². The molecule has 132 valence electrons. The Hall–Kier alpha value is -2.93. The number of rotatable bonds is 8. The summed E-state index contributed by atoms with van der Waals surface area (Å²) in [6.07, 6.45) is 0.238. The lowest BCUT2D eigenvalue weighted by molar-refractivity contribution is -0.385. The molecule has 0 saturated carbocycles. The van der Waals surface area contributed by atoms with Gasteiger partial charge in [-0.3, -0.25) is 14.9 Å². The van der Waals surface area contributed by atoms with Crippen LogP contribution in [0.15, 0.2) is 48.5 Å². The molecule has 0 amide bonds. The van der Waals surface area contributed by atoms with Crippen molar-refractivity contribution in [3.8, 4) is 5.75 Å². The molecule has 0 heterocycles. The first-order valence-corrected chi connectivity index (χ1v) is 7.82. The highest BCUT2D eigenvalue weighted by Crippen LogP contribution is 2.27. The van der Waals surface area contributed by atoms with Crippen molar-refractivity contribution < 1.29 is 19.6 Å². The predicted octanol–water partition coefficient (Wildman–Crippen LogP) is 2.73. The number of benzene rings is 2. The largest absolute Gasteiger partial charge is 0.493 e. The number of aliphatic carboxylic acids is 1. The summed E-state index contributed by atoms with van der Waals surface area (Å²) in [5, 5.41) is 19.9. The van der Waals surface area contributed by atoms with Crippen molar-refractivity contribution in [3.63, 3.8) is 0 Å². The number of nitrogens with two attached hydrogens (primary N) is 1. The van der Waals surface area contributed by atoms with Gasteiger partial charge in [-0.25, -0.2) is 0 Å². The molecule has 0 aliphatic carbocycles. The number of carboxylic acids is 1. The lowest BCUT2D eigenvalue weighted by Gasteiger charge is -2.14. The summed E-state index contributed by atoms with van der Waals surface area (Å²) < 4.78 is 5.69. The third-order valence-corrected chi connectivity index (χ3v) is 3.86. The molecule has 7 heteroatoms. The zero-order chi connectivity index (χ0) is 18.4. The van der Waals surface area contributed by atoms with Crippen LogP contribution in [0.5, 0.6) is 5.75 Å². The molecule has 0 fully saturated rings. The Morgan fingerprint density at radius 3 is 2.48 bits per heavy atom. The summed E-state index contributed by atoms with van der Waals surface area (Å²) in [6.45, 7) is 2.15. The minimum atomic E-state index is -1.04. The quantitative estimate of drug-likeness (QED) is 0.562. The van der Waals surface area contributed by atoms with Crippen LogP contribution in [-0.2, 0) is 11.2 Å². The fraction of sp³-hybridized carbons (Fsp3) is 0.278. The van der Waals surface area contributed by atoms with Crippen molar-refractivity contribution in [3.05, 3.63) is 69.8 Å². The summed E-state index contributed by atoms with van der Waals surface area (Å²) in [5.41, 5.74) is 7.00. The van der Waals surface area contributed by atoms with E-state index in [2.05, 4.69) is 0 Å². The van der Waals surface area contributed by atoms with Crippen LogP contribution in [0.25, 0.3) is 0 Å². The Morgan fingerprint density at radius 2 is 1.88 bits per heavy atom. The van der Waals surface area contributed by atoms with Gasteiger partial charge in [-0.2, -0.15) is 0 Å². The lowest BCUT2D eigenvalue weighted by atomic mass is 10.0. The molecule has 0 saturated heterocycles. The van der Waals surface area contributed by atoms with Gasteiger partial charge in [0.1, 0.15) is 11.8 Å². The summed E-state index contributed by atoms with van der Waals surface area (Å²) in [5.74, 6) is -0.585. The molecule has 0 aromatic heterocycles. The Morgan fingerprint density at radius 1 is 1.24 bits per heavy atom. The number of hydrogen-bond acceptors (Lipinski definition) is 5. The Kier molecular flexibility index (Phi) is 6.08. The number of nitro benzene ring substituents is 1. The normalized spacial score (nSPS) is 13.0. The van der Waals surface area contributed by atoms with E-state index in [1.54, 1.807) is 42.5 Å². The number of hydrogen-bond donors (Lipinski definition) is 2. The van der Waals surface area contributed by atoms with Gasteiger partial charge in [0.2, 0.25) is 0 Å². The van der Waals surface area contributed by atoms with Gasteiger partial charge in [0, 0.05) is 17.5 Å². The molecule has 7 nitrogen and oxygen atoms in total. The molecule has 0 aliphatic rings. The van der Waals surface area contributed by atoms with Crippen LogP contribution in [0, 0.1) is 10.1 Å². The molecule has 2 atom stereocenters. The van der Waals surface area contributed by atoms with E-state index in [0.717, 1.165) is 5.56 Å². The fourth-order valence-corrected chi connectivity index (χ4v) is 2.44. The molecule has 1 unspecified atom stereocenters. The van der Waals surface area contributed by atoms with Gasteiger partial charge < -0.3 is 15.6 Å². The second kappa shape index (κ2) is 8.25. The van der Waals surface area contributed by atoms with E-state index in [1.165, 1.54) is 6.07 Å². The first-order valence-electron chi connectivity index (χ1n) is 7.82. The average molecular weight is 344 g/mol. The van der Waals surface area contributed by atoms with Gasteiger partial charge in [0.15, 0.2) is 0 Å². The Balaban J connectivity index is 1.97. The number of carboxylic acid groups (broad SMARTS) is 1. The number of para-hydroxylation sites is 1. The fourth-order valence-electron chi connectivity index (χ4n) is 2.44. The average Bonchev–Trinajstić information content (AvgIpc) is 2.60. The Labute approximate surface area is 145 Å². The van der Waals surface area contributed by atoms with E-state index >= 15 is 0 Å². The van der Waals surface area contributed by atoms with Gasteiger partial charge in [-0.15, -0.1) is 0 Å². The first-order chi connectivity index (χ1) is 11.9. The number of ether oxygens (including phenoxy) is 1. The Bertz CT molecular complexity index is 745. The molecule has 3 N–H and O–H groups in total. The van der Waals surface area contributed by atoms with Crippen molar-refractivity contribution >= 4 is 11.7 Å². The highest BCUT2D eigenvalue weighted by Gasteiger charge is 2.18. The van der Waals surface area contributed by atoms with Crippen LogP contribution in [0.2, 0.25) is 0 Å². The third-order valence-electron chi connectivity index (χ3n) is 3.86. The summed E-state index contributed by atoms with van der Waals surface area (Å²) in [6, 6.07) is 12.6. The molecular weight excluding hydrogens is 324 g/mol. The lowest BCUT2D eigenvalue weighted by Crippen LogP contribution is -2.32. The van der Waals surface area contributed by atoms with E-state index in [9.17, 15) is 14.9 Å². The zero-order valence-electron chi connectivity index (χ0n) is 13.8. The molecule has 2 rings (SSSR count). The van der Waals surface area contributed by atoms with Gasteiger partial charge in [-0.05, 0) is 24.1 Å². The van der Waals surface area contributed by atoms with Gasteiger partial charge in [-0.1, -0.05) is 37.3 Å². The summed E-state index contributed by atoms with van der Waals surface area (Å²) in [4.78, 5) is 21.5. The maximum Gasteiger partial charge on any atom is 0.320 e. The van der Waals surface area contributed by atoms with E-state index in [1.807, 2.05) is 6.92 Å². The van der Waals surface area contributed by atoms with E-state index < -0.39 is 16.9 Å². The van der Waals surface area contributed by atoms with Crippen molar-refractivity contribution in [1.29, 1.82) is 0 Å². The highest BCUT2D eigenvalue weighted by atomic mass is 16.6. The number of nitro groups is 1. The number of carbonyl (C=O) groups is 1. The first kappa shape index (κ1) is 18.4. The minimum Gasteiger partial charge on any atom is -0.493 e. The smallest absolute Gasteiger partial charge is 0.320 e. The van der Waals surface area contributed by atoms with Gasteiger partial charge in [0.05, 0.1) is 11.5 Å². The molecular formula is C18H20N2O5. The molecule has 2 aromatic carbocycles. The van der Waals surface area contributed by atoms with Gasteiger partial charge >= 0.3 is 5.97 Å². The molecule has 2 aromatic rings. The predicted molar refractivity (Wildman–Crippen MR) is 92.8 cm³/mol. The maximum absolute atomic E-state index is 11.1. The maximum atomic E-state index is 11.1. The summed E-state index contributed by atoms with van der Waals surface area (Å²) in [7, 11) is 0. The SMILES string of the molecule is CC(COc1ccc(C[C@H](N)C(=O)O)cc1)c1ccccc1[N+](=O)[O-]. The second-order valence-electron chi connectivity index (χ2n) is 5.82. The monoisotopic (exact) mass is 344 g/mol. The van der Waals surface area contributed by atoms with E-state index in [0.29, 0.717) is 17.9 Å². The van der Waals surface area contributed by atoms with Gasteiger partial charge in [0.25, 0.3) is 5.69 Å². The van der Waals surface area contributed by atoms with Crippen LogP contribution >= 0.6 is 0 Å². The zero-order valence-corrected chi connectivity index (χ0v) is 13.8. The van der Waals surface area contributed by atoms with Crippen molar-refractivity contribution in [2.45, 2.75) is 25.3 Å². The van der Waals surface area contributed by atoms with Crippen molar-refractivity contribution in [2.75, 3.05) is 6.61 Å².